The fraction of sp³-hybridized carbons (Fsp3) is 0.0556. The highest BCUT2D eigenvalue weighted by atomic mass is 19.1. The molecule has 0 amide bonds. The molecule has 0 aliphatic heterocycles. The maximum absolute atomic E-state index is 13.8. The number of anilines is 2. The van der Waals surface area contributed by atoms with Gasteiger partial charge in [0.1, 0.15) is 17.4 Å². The summed E-state index contributed by atoms with van der Waals surface area (Å²) in [5.74, 6) is -1.45. The van der Waals surface area contributed by atoms with Crippen molar-refractivity contribution in [1.82, 2.24) is 19.5 Å². The zero-order valence-electron chi connectivity index (χ0n) is 15.2. The van der Waals surface area contributed by atoms with E-state index in [4.69, 9.17) is 4.74 Å². The number of imidazole rings is 1. The third kappa shape index (κ3) is 3.30. The molecule has 30 heavy (non-hydrogen) atoms. The van der Waals surface area contributed by atoms with Crippen LogP contribution in [0.2, 0.25) is 0 Å². The number of aromatic nitrogens is 4. The van der Waals surface area contributed by atoms with E-state index in [0.29, 0.717) is 5.52 Å². The van der Waals surface area contributed by atoms with Gasteiger partial charge in [-0.05, 0) is 18.2 Å². The lowest BCUT2D eigenvalue weighted by molar-refractivity contribution is -0.387. The third-order valence-electron chi connectivity index (χ3n) is 4.23. The van der Waals surface area contributed by atoms with Crippen LogP contribution >= 0.6 is 0 Å². The van der Waals surface area contributed by atoms with Gasteiger partial charge in [-0.1, -0.05) is 0 Å². The van der Waals surface area contributed by atoms with E-state index in [1.165, 1.54) is 42.1 Å². The van der Waals surface area contributed by atoms with Crippen LogP contribution in [0.4, 0.5) is 26.1 Å². The van der Waals surface area contributed by atoms with Gasteiger partial charge in [0.25, 0.3) is 0 Å². The highest BCUT2D eigenvalue weighted by molar-refractivity contribution is 5.77. The van der Waals surface area contributed by atoms with Crippen molar-refractivity contribution in [3.8, 4) is 11.6 Å². The van der Waals surface area contributed by atoms with Crippen LogP contribution in [-0.4, -0.2) is 31.6 Å². The maximum atomic E-state index is 13.8. The Morgan fingerprint density at radius 1 is 1.23 bits per heavy atom. The van der Waals surface area contributed by atoms with Crippen LogP contribution in [0.25, 0.3) is 16.9 Å². The SMILES string of the molecule is COc1cc(F)c([N+](=O)[O-])cc1Nc1nccc(-n2c(=O)[nH]c3cc(F)ccc32)n1. The average molecular weight is 414 g/mol. The number of H-pyrrole nitrogens is 1. The van der Waals surface area contributed by atoms with Crippen molar-refractivity contribution in [1.29, 1.82) is 0 Å². The molecule has 2 aromatic carbocycles. The van der Waals surface area contributed by atoms with Gasteiger partial charge in [0.15, 0.2) is 0 Å². The molecule has 2 heterocycles. The molecular weight excluding hydrogens is 402 g/mol. The number of nitro groups is 1. The lowest BCUT2D eigenvalue weighted by Gasteiger charge is -2.11. The first-order valence-corrected chi connectivity index (χ1v) is 8.40. The Kier molecular flexibility index (Phi) is 4.58. The number of hydrogen-bond donors (Lipinski definition) is 2. The Hall–Kier alpha value is -4.35. The summed E-state index contributed by atoms with van der Waals surface area (Å²) >= 11 is 0. The number of hydrogen-bond acceptors (Lipinski definition) is 7. The van der Waals surface area contributed by atoms with Crippen LogP contribution in [0, 0.1) is 21.7 Å². The van der Waals surface area contributed by atoms with Crippen LogP contribution in [0.15, 0.2) is 47.4 Å². The van der Waals surface area contributed by atoms with Crippen molar-refractivity contribution in [2.45, 2.75) is 0 Å². The zero-order valence-corrected chi connectivity index (χ0v) is 15.2. The summed E-state index contributed by atoms with van der Waals surface area (Å²) < 4.78 is 33.5. The summed E-state index contributed by atoms with van der Waals surface area (Å²) in [5, 5.41) is 13.7. The molecule has 2 N–H and O–H groups in total. The zero-order chi connectivity index (χ0) is 21.4. The average Bonchev–Trinajstić information content (AvgIpc) is 3.03. The van der Waals surface area contributed by atoms with Crippen LogP contribution in [-0.2, 0) is 0 Å². The minimum absolute atomic E-state index is 0.00756. The predicted molar refractivity (Wildman–Crippen MR) is 102 cm³/mol. The Morgan fingerprint density at radius 2 is 2.03 bits per heavy atom. The molecule has 0 fully saturated rings. The molecule has 152 valence electrons. The summed E-state index contributed by atoms with van der Waals surface area (Å²) in [6.45, 7) is 0. The van der Waals surface area contributed by atoms with E-state index < -0.39 is 27.9 Å². The summed E-state index contributed by atoms with van der Waals surface area (Å²) in [6, 6.07) is 7.07. The highest BCUT2D eigenvalue weighted by Gasteiger charge is 2.20. The van der Waals surface area contributed by atoms with E-state index in [9.17, 15) is 23.7 Å². The van der Waals surface area contributed by atoms with E-state index in [2.05, 4.69) is 20.3 Å². The van der Waals surface area contributed by atoms with Gasteiger partial charge in [-0.25, -0.2) is 18.7 Å². The van der Waals surface area contributed by atoms with Crippen molar-refractivity contribution in [3.05, 3.63) is 74.8 Å². The number of rotatable bonds is 5. The molecular formula is C18H12F2N6O4. The van der Waals surface area contributed by atoms with Crippen LogP contribution in [0.1, 0.15) is 0 Å². The normalized spacial score (nSPS) is 10.9. The Bertz CT molecular complexity index is 1350. The number of halogens is 2. The largest absolute Gasteiger partial charge is 0.494 e. The van der Waals surface area contributed by atoms with Crippen molar-refractivity contribution in [2.75, 3.05) is 12.4 Å². The Balaban J connectivity index is 1.78. The summed E-state index contributed by atoms with van der Waals surface area (Å²) in [5.41, 5.74) is -0.583. The van der Waals surface area contributed by atoms with Crippen molar-refractivity contribution < 1.29 is 18.4 Å². The molecule has 0 radical (unpaired) electrons. The molecule has 0 atom stereocenters. The fourth-order valence-corrected chi connectivity index (χ4v) is 2.92. The number of benzene rings is 2. The smallest absolute Gasteiger partial charge is 0.332 e. The molecule has 4 aromatic rings. The van der Waals surface area contributed by atoms with Crippen molar-refractivity contribution >= 4 is 28.4 Å². The van der Waals surface area contributed by atoms with Crippen LogP contribution < -0.4 is 15.7 Å². The molecule has 0 unspecified atom stereocenters. The first kappa shape index (κ1) is 19.0. The topological polar surface area (TPSA) is 128 Å². The maximum Gasteiger partial charge on any atom is 0.332 e. The second-order valence-electron chi connectivity index (χ2n) is 6.05. The van der Waals surface area contributed by atoms with Crippen molar-refractivity contribution in [2.24, 2.45) is 0 Å². The monoisotopic (exact) mass is 414 g/mol. The molecule has 0 spiro atoms. The van der Waals surface area contributed by atoms with E-state index in [1.54, 1.807) is 0 Å². The van der Waals surface area contributed by atoms with Gasteiger partial charge in [0.2, 0.25) is 11.8 Å². The predicted octanol–water partition coefficient (Wildman–Crippen LogP) is 3.05. The Labute approximate surface area is 165 Å². The number of nitrogens with one attached hydrogen (secondary N) is 2. The summed E-state index contributed by atoms with van der Waals surface area (Å²) in [7, 11) is 1.27. The van der Waals surface area contributed by atoms with Gasteiger partial charge in [0, 0.05) is 24.4 Å². The second-order valence-corrected chi connectivity index (χ2v) is 6.05. The van der Waals surface area contributed by atoms with Gasteiger partial charge in [-0.2, -0.15) is 9.37 Å². The third-order valence-corrected chi connectivity index (χ3v) is 4.23. The van der Waals surface area contributed by atoms with Crippen molar-refractivity contribution in [3.63, 3.8) is 0 Å². The molecule has 0 aliphatic rings. The van der Waals surface area contributed by atoms with Gasteiger partial charge < -0.3 is 15.0 Å². The first-order valence-electron chi connectivity index (χ1n) is 8.40. The summed E-state index contributed by atoms with van der Waals surface area (Å²) in [6.07, 6.45) is 1.35. The van der Waals surface area contributed by atoms with Gasteiger partial charge in [-0.15, -0.1) is 0 Å². The molecule has 2 aromatic heterocycles. The van der Waals surface area contributed by atoms with E-state index in [0.717, 1.165) is 12.1 Å². The van der Waals surface area contributed by atoms with E-state index in [1.807, 2.05) is 0 Å². The Morgan fingerprint density at radius 3 is 2.77 bits per heavy atom. The van der Waals surface area contributed by atoms with E-state index >= 15 is 0 Å². The molecule has 0 aliphatic carbocycles. The number of ether oxygens (including phenoxy) is 1. The number of fused-ring (bicyclic) bond motifs is 1. The summed E-state index contributed by atoms with van der Waals surface area (Å²) in [4.78, 5) is 33.3. The number of aromatic amines is 1. The fourth-order valence-electron chi connectivity index (χ4n) is 2.92. The molecule has 0 saturated heterocycles. The quantitative estimate of drug-likeness (QED) is 0.379. The van der Waals surface area contributed by atoms with Gasteiger partial charge >= 0.3 is 11.4 Å². The van der Waals surface area contributed by atoms with Crippen LogP contribution in [0.5, 0.6) is 5.75 Å². The number of nitrogens with zero attached hydrogens (tertiary/aromatic N) is 4. The van der Waals surface area contributed by atoms with E-state index in [-0.39, 0.29) is 28.7 Å². The van der Waals surface area contributed by atoms with Gasteiger partial charge in [0.05, 0.1) is 28.8 Å². The number of methoxy groups -OCH3 is 1. The van der Waals surface area contributed by atoms with Gasteiger partial charge in [-0.3, -0.25) is 10.1 Å². The molecule has 0 saturated carbocycles. The molecule has 10 nitrogen and oxygen atoms in total. The molecule has 0 bridgehead atoms. The first-order chi connectivity index (χ1) is 14.4. The molecule has 12 heteroatoms. The standard InChI is InChI=1S/C18H12F2N6O4/c1-30-15-7-10(20)14(26(28)29)8-12(15)22-17-21-5-4-16(24-17)25-13-3-2-9(19)6-11(13)23-18(25)27/h2-8H,1H3,(H,23,27)(H,21,22,24). The number of nitro benzene ring substituents is 1. The highest BCUT2D eigenvalue weighted by Crippen LogP contribution is 2.33. The lowest BCUT2D eigenvalue weighted by Crippen LogP contribution is -2.16. The minimum Gasteiger partial charge on any atom is -0.494 e. The molecule has 4 rings (SSSR count). The van der Waals surface area contributed by atoms with Crippen LogP contribution in [0.3, 0.4) is 0 Å². The lowest BCUT2D eigenvalue weighted by atomic mass is 10.2. The minimum atomic E-state index is -1.06. The second kappa shape index (κ2) is 7.24.